The Morgan fingerprint density at radius 1 is 1.23 bits per heavy atom. The van der Waals surface area contributed by atoms with Crippen molar-refractivity contribution >= 4 is 19.1 Å². The van der Waals surface area contributed by atoms with E-state index in [1.54, 1.807) is 25.8 Å². The molecular weight excluding hydrogens is 333 g/mol. The Labute approximate surface area is 157 Å². The minimum absolute atomic E-state index is 0.0978. The standard InChI is InChI=1S/C18H32BN3O4/c1-16(2,14(23)20-7)12-21-15(24)22-10-8-13(9-11-22)19-25-17(3,4)18(5,6)26-19/h8H,9-12H2,1-7H3,(H,20,23)(H,21,24). The predicted molar refractivity (Wildman–Crippen MR) is 102 cm³/mol. The fraction of sp³-hybridized carbons (Fsp3) is 0.778. The summed E-state index contributed by atoms with van der Waals surface area (Å²) in [4.78, 5) is 25.9. The molecule has 1 saturated heterocycles. The Balaban J connectivity index is 1.89. The molecular formula is C18H32BN3O4. The summed E-state index contributed by atoms with van der Waals surface area (Å²) in [5, 5.41) is 5.47. The van der Waals surface area contributed by atoms with Crippen molar-refractivity contribution in [2.75, 3.05) is 26.7 Å². The van der Waals surface area contributed by atoms with Crippen molar-refractivity contribution in [3.8, 4) is 0 Å². The normalized spacial score (nSPS) is 22.0. The molecule has 0 spiro atoms. The average molecular weight is 365 g/mol. The molecule has 26 heavy (non-hydrogen) atoms. The van der Waals surface area contributed by atoms with Crippen molar-refractivity contribution in [1.29, 1.82) is 0 Å². The zero-order valence-electron chi connectivity index (χ0n) is 17.1. The van der Waals surface area contributed by atoms with E-state index >= 15 is 0 Å². The monoisotopic (exact) mass is 365 g/mol. The van der Waals surface area contributed by atoms with Crippen LogP contribution in [-0.2, 0) is 14.1 Å². The molecule has 2 heterocycles. The average Bonchev–Trinajstić information content (AvgIpc) is 2.80. The van der Waals surface area contributed by atoms with Crippen LogP contribution in [0.2, 0.25) is 0 Å². The molecule has 3 amide bonds. The number of hydrogen-bond acceptors (Lipinski definition) is 4. The van der Waals surface area contributed by atoms with Crippen LogP contribution < -0.4 is 10.6 Å². The van der Waals surface area contributed by atoms with Crippen LogP contribution in [0.15, 0.2) is 11.5 Å². The minimum atomic E-state index is -0.649. The van der Waals surface area contributed by atoms with Gasteiger partial charge in [0, 0.05) is 26.7 Å². The second kappa shape index (κ2) is 7.23. The molecule has 0 bridgehead atoms. The third-order valence-corrected chi connectivity index (χ3v) is 5.61. The first kappa shape index (κ1) is 20.8. The van der Waals surface area contributed by atoms with E-state index in [4.69, 9.17) is 9.31 Å². The quantitative estimate of drug-likeness (QED) is 0.744. The van der Waals surface area contributed by atoms with Gasteiger partial charge in [-0.1, -0.05) is 6.08 Å². The number of rotatable bonds is 4. The van der Waals surface area contributed by atoms with Crippen LogP contribution in [0.4, 0.5) is 4.79 Å². The lowest BCUT2D eigenvalue weighted by molar-refractivity contribution is -0.128. The lowest BCUT2D eigenvalue weighted by Crippen LogP contribution is -2.49. The summed E-state index contributed by atoms with van der Waals surface area (Å²) in [6, 6.07) is -0.161. The molecule has 0 aromatic carbocycles. The maximum Gasteiger partial charge on any atom is 0.490 e. The Hall–Kier alpha value is -1.54. The van der Waals surface area contributed by atoms with Crippen LogP contribution in [0, 0.1) is 5.41 Å². The number of hydrogen-bond donors (Lipinski definition) is 2. The van der Waals surface area contributed by atoms with Crippen molar-refractivity contribution in [2.45, 2.75) is 59.2 Å². The zero-order chi connectivity index (χ0) is 19.8. The first-order valence-corrected chi connectivity index (χ1v) is 9.19. The lowest BCUT2D eigenvalue weighted by Gasteiger charge is -2.32. The molecule has 0 aromatic rings. The molecule has 0 unspecified atom stereocenters. The number of carbonyl (C=O) groups is 2. The van der Waals surface area contributed by atoms with E-state index in [1.165, 1.54) is 0 Å². The summed E-state index contributed by atoms with van der Waals surface area (Å²) in [7, 11) is 1.25. The molecule has 146 valence electrons. The number of amides is 3. The van der Waals surface area contributed by atoms with Gasteiger partial charge in [0.05, 0.1) is 16.6 Å². The van der Waals surface area contributed by atoms with Crippen LogP contribution in [0.25, 0.3) is 0 Å². The fourth-order valence-electron chi connectivity index (χ4n) is 2.90. The third-order valence-electron chi connectivity index (χ3n) is 5.61. The minimum Gasteiger partial charge on any atom is -0.400 e. The van der Waals surface area contributed by atoms with Crippen molar-refractivity contribution in [2.24, 2.45) is 5.41 Å². The highest BCUT2D eigenvalue weighted by molar-refractivity contribution is 6.54. The van der Waals surface area contributed by atoms with Gasteiger partial charge in [-0.2, -0.15) is 0 Å². The molecule has 2 aliphatic rings. The number of nitrogens with one attached hydrogen (secondary N) is 2. The second-order valence-corrected chi connectivity index (χ2v) is 8.69. The molecule has 0 saturated carbocycles. The molecule has 0 aromatic heterocycles. The Morgan fingerprint density at radius 2 is 1.81 bits per heavy atom. The van der Waals surface area contributed by atoms with Crippen molar-refractivity contribution in [3.63, 3.8) is 0 Å². The highest BCUT2D eigenvalue weighted by Gasteiger charge is 2.52. The first-order valence-electron chi connectivity index (χ1n) is 9.19. The summed E-state index contributed by atoms with van der Waals surface area (Å²) < 4.78 is 12.2. The summed E-state index contributed by atoms with van der Waals surface area (Å²) in [5.41, 5.74) is -0.292. The molecule has 0 radical (unpaired) electrons. The van der Waals surface area contributed by atoms with Gasteiger partial charge < -0.3 is 24.8 Å². The molecule has 2 aliphatic heterocycles. The van der Waals surface area contributed by atoms with Crippen LogP contribution in [-0.4, -0.2) is 61.8 Å². The van der Waals surface area contributed by atoms with E-state index < -0.39 is 5.41 Å². The van der Waals surface area contributed by atoms with Crippen molar-refractivity contribution in [3.05, 3.63) is 11.5 Å². The van der Waals surface area contributed by atoms with Gasteiger partial charge in [-0.25, -0.2) is 4.79 Å². The van der Waals surface area contributed by atoms with Gasteiger partial charge in [-0.3, -0.25) is 4.79 Å². The van der Waals surface area contributed by atoms with Gasteiger partial charge in [0.2, 0.25) is 5.91 Å². The van der Waals surface area contributed by atoms with Crippen LogP contribution in [0.1, 0.15) is 48.0 Å². The van der Waals surface area contributed by atoms with Gasteiger partial charge in [0.15, 0.2) is 0 Å². The molecule has 8 heteroatoms. The molecule has 2 N–H and O–H groups in total. The first-order chi connectivity index (χ1) is 11.9. The predicted octanol–water partition coefficient (Wildman–Crippen LogP) is 1.73. The summed E-state index contributed by atoms with van der Waals surface area (Å²) >= 11 is 0. The Bertz CT molecular complexity index is 585. The van der Waals surface area contributed by atoms with Gasteiger partial charge in [-0.15, -0.1) is 0 Å². The van der Waals surface area contributed by atoms with E-state index in [0.717, 1.165) is 5.47 Å². The number of nitrogens with zero attached hydrogens (tertiary/aromatic N) is 1. The third kappa shape index (κ3) is 4.23. The van der Waals surface area contributed by atoms with E-state index in [2.05, 4.69) is 10.6 Å². The Morgan fingerprint density at radius 3 is 2.27 bits per heavy atom. The van der Waals surface area contributed by atoms with E-state index in [9.17, 15) is 9.59 Å². The van der Waals surface area contributed by atoms with Gasteiger partial charge in [-0.05, 0) is 53.4 Å². The number of carbonyl (C=O) groups excluding carboxylic acids is 2. The Kier molecular flexibility index (Phi) is 5.78. The lowest BCUT2D eigenvalue weighted by atomic mass is 9.75. The van der Waals surface area contributed by atoms with Gasteiger partial charge >= 0.3 is 13.1 Å². The topological polar surface area (TPSA) is 79.9 Å². The molecule has 0 atom stereocenters. The van der Waals surface area contributed by atoms with E-state index in [1.807, 2.05) is 33.8 Å². The fourth-order valence-corrected chi connectivity index (χ4v) is 2.90. The van der Waals surface area contributed by atoms with E-state index in [-0.39, 0.29) is 36.8 Å². The number of urea groups is 1. The van der Waals surface area contributed by atoms with Gasteiger partial charge in [0.25, 0.3) is 0 Å². The van der Waals surface area contributed by atoms with Gasteiger partial charge in [0.1, 0.15) is 0 Å². The van der Waals surface area contributed by atoms with Crippen LogP contribution in [0.5, 0.6) is 0 Å². The summed E-state index contributed by atoms with van der Waals surface area (Å²) in [5.74, 6) is -0.0978. The SMILES string of the molecule is CNC(=O)C(C)(C)CNC(=O)N1CC=C(B2OC(C)(C)C(C)(C)O2)CC1. The molecule has 1 fully saturated rings. The zero-order valence-corrected chi connectivity index (χ0v) is 17.1. The summed E-state index contributed by atoms with van der Waals surface area (Å²) in [6.07, 6.45) is 2.72. The summed E-state index contributed by atoms with van der Waals surface area (Å²) in [6.45, 7) is 13.1. The second-order valence-electron chi connectivity index (χ2n) is 8.69. The highest BCUT2D eigenvalue weighted by Crippen LogP contribution is 2.39. The maximum absolute atomic E-state index is 12.4. The molecule has 0 aliphatic carbocycles. The highest BCUT2D eigenvalue weighted by atomic mass is 16.7. The van der Waals surface area contributed by atoms with E-state index in [0.29, 0.717) is 19.5 Å². The maximum atomic E-state index is 12.4. The van der Waals surface area contributed by atoms with Crippen molar-refractivity contribution < 1.29 is 18.9 Å². The smallest absolute Gasteiger partial charge is 0.400 e. The van der Waals surface area contributed by atoms with Crippen LogP contribution in [0.3, 0.4) is 0 Å². The van der Waals surface area contributed by atoms with Crippen LogP contribution >= 0.6 is 0 Å². The van der Waals surface area contributed by atoms with Crippen molar-refractivity contribution in [1.82, 2.24) is 15.5 Å². The largest absolute Gasteiger partial charge is 0.490 e. The molecule has 2 rings (SSSR count). The molecule has 7 nitrogen and oxygen atoms in total.